The third-order valence-electron chi connectivity index (χ3n) is 5.04. The quantitative estimate of drug-likeness (QED) is 0.493. The number of thioether (sulfide) groups is 1. The molecule has 0 radical (unpaired) electrons. The predicted octanol–water partition coefficient (Wildman–Crippen LogP) is 5.46. The van der Waals surface area contributed by atoms with Crippen LogP contribution in [0.3, 0.4) is 0 Å². The number of carbonyl (C=O) groups is 2. The SMILES string of the molecule is CC[C@@H](C)NC(=O)[C@@H](C)N(Cc1ccc(Cl)cc1)C(=O)CCSc1ccc(C)cc1. The van der Waals surface area contributed by atoms with Gasteiger partial charge in [0.2, 0.25) is 11.8 Å². The number of amides is 2. The lowest BCUT2D eigenvalue weighted by Gasteiger charge is -2.29. The molecule has 1 N–H and O–H groups in total. The van der Waals surface area contributed by atoms with Crippen molar-refractivity contribution >= 4 is 35.2 Å². The summed E-state index contributed by atoms with van der Waals surface area (Å²) in [7, 11) is 0. The molecule has 0 bridgehead atoms. The Morgan fingerprint density at radius 2 is 1.70 bits per heavy atom. The first kappa shape index (κ1) is 24.3. The van der Waals surface area contributed by atoms with Gasteiger partial charge in [-0.1, -0.05) is 48.4 Å². The minimum atomic E-state index is -0.549. The number of hydrogen-bond acceptors (Lipinski definition) is 3. The van der Waals surface area contributed by atoms with Crippen LogP contribution in [0.2, 0.25) is 5.02 Å². The number of nitrogens with zero attached hydrogens (tertiary/aromatic N) is 1. The second-order valence-electron chi connectivity index (χ2n) is 7.55. The summed E-state index contributed by atoms with van der Waals surface area (Å²) in [6, 6.07) is 15.2. The van der Waals surface area contributed by atoms with E-state index in [2.05, 4.69) is 36.5 Å². The Labute approximate surface area is 189 Å². The maximum atomic E-state index is 13.1. The molecular weight excluding hydrogens is 416 g/mol. The van der Waals surface area contributed by atoms with Gasteiger partial charge in [0.05, 0.1) is 0 Å². The summed E-state index contributed by atoms with van der Waals surface area (Å²) in [6.07, 6.45) is 1.21. The second-order valence-corrected chi connectivity index (χ2v) is 9.16. The van der Waals surface area contributed by atoms with Crippen LogP contribution in [0.1, 0.15) is 44.7 Å². The molecule has 0 aliphatic heterocycles. The molecule has 6 heteroatoms. The highest BCUT2D eigenvalue weighted by atomic mass is 35.5. The van der Waals surface area contributed by atoms with Gasteiger partial charge in [-0.15, -0.1) is 11.8 Å². The average Bonchev–Trinajstić information content (AvgIpc) is 2.74. The highest BCUT2D eigenvalue weighted by Gasteiger charge is 2.26. The van der Waals surface area contributed by atoms with E-state index in [9.17, 15) is 9.59 Å². The van der Waals surface area contributed by atoms with E-state index in [1.54, 1.807) is 35.7 Å². The number of nitrogens with one attached hydrogen (secondary N) is 1. The van der Waals surface area contributed by atoms with Crippen LogP contribution in [0.4, 0.5) is 0 Å². The maximum Gasteiger partial charge on any atom is 0.242 e. The van der Waals surface area contributed by atoms with Gasteiger partial charge in [0, 0.05) is 34.7 Å². The maximum absolute atomic E-state index is 13.1. The number of halogens is 1. The Kier molecular flexibility index (Phi) is 9.73. The van der Waals surface area contributed by atoms with Crippen LogP contribution >= 0.6 is 23.4 Å². The number of aryl methyl sites for hydroxylation is 1. The summed E-state index contributed by atoms with van der Waals surface area (Å²) in [5.74, 6) is 0.507. The number of rotatable bonds is 10. The molecule has 0 aromatic heterocycles. The Balaban J connectivity index is 2.06. The molecule has 0 aliphatic carbocycles. The molecule has 30 heavy (non-hydrogen) atoms. The highest BCUT2D eigenvalue weighted by molar-refractivity contribution is 7.99. The number of hydrogen-bond donors (Lipinski definition) is 1. The third-order valence-corrected chi connectivity index (χ3v) is 6.31. The Hall–Kier alpha value is -1.98. The first-order valence-electron chi connectivity index (χ1n) is 10.3. The second kappa shape index (κ2) is 12.0. The fourth-order valence-electron chi connectivity index (χ4n) is 2.87. The van der Waals surface area contributed by atoms with E-state index < -0.39 is 6.04 Å². The normalized spacial score (nSPS) is 12.8. The zero-order chi connectivity index (χ0) is 22.1. The van der Waals surface area contributed by atoms with E-state index in [0.717, 1.165) is 16.9 Å². The fourth-order valence-corrected chi connectivity index (χ4v) is 3.84. The number of benzene rings is 2. The summed E-state index contributed by atoms with van der Waals surface area (Å²) in [5.41, 5.74) is 2.16. The zero-order valence-electron chi connectivity index (χ0n) is 18.2. The van der Waals surface area contributed by atoms with Crippen molar-refractivity contribution in [1.29, 1.82) is 0 Å². The minimum absolute atomic E-state index is 0.0311. The molecule has 2 aromatic rings. The van der Waals surface area contributed by atoms with Crippen LogP contribution < -0.4 is 5.32 Å². The zero-order valence-corrected chi connectivity index (χ0v) is 19.7. The summed E-state index contributed by atoms with van der Waals surface area (Å²) in [6.45, 7) is 8.21. The van der Waals surface area contributed by atoms with E-state index in [1.807, 2.05) is 26.0 Å². The lowest BCUT2D eigenvalue weighted by Crippen LogP contribution is -2.49. The minimum Gasteiger partial charge on any atom is -0.352 e. The molecule has 0 aliphatic rings. The molecule has 0 saturated carbocycles. The first-order chi connectivity index (χ1) is 14.3. The predicted molar refractivity (Wildman–Crippen MR) is 126 cm³/mol. The van der Waals surface area contributed by atoms with Crippen molar-refractivity contribution in [1.82, 2.24) is 10.2 Å². The van der Waals surface area contributed by atoms with Gasteiger partial charge in [-0.05, 0) is 57.0 Å². The lowest BCUT2D eigenvalue weighted by atomic mass is 10.1. The van der Waals surface area contributed by atoms with Crippen LogP contribution in [-0.2, 0) is 16.1 Å². The summed E-state index contributed by atoms with van der Waals surface area (Å²) >= 11 is 7.64. The van der Waals surface area contributed by atoms with Crippen LogP contribution in [0.25, 0.3) is 0 Å². The lowest BCUT2D eigenvalue weighted by molar-refractivity contribution is -0.140. The molecule has 2 amide bonds. The topological polar surface area (TPSA) is 49.4 Å². The van der Waals surface area contributed by atoms with Crippen molar-refractivity contribution in [3.8, 4) is 0 Å². The largest absolute Gasteiger partial charge is 0.352 e. The van der Waals surface area contributed by atoms with Crippen molar-refractivity contribution in [2.45, 2.75) is 64.1 Å². The monoisotopic (exact) mass is 446 g/mol. The highest BCUT2D eigenvalue weighted by Crippen LogP contribution is 2.21. The van der Waals surface area contributed by atoms with E-state index in [-0.39, 0.29) is 17.9 Å². The van der Waals surface area contributed by atoms with Crippen LogP contribution in [-0.4, -0.2) is 34.6 Å². The van der Waals surface area contributed by atoms with Gasteiger partial charge in [-0.2, -0.15) is 0 Å². The summed E-state index contributed by atoms with van der Waals surface area (Å²) in [4.78, 5) is 28.6. The summed E-state index contributed by atoms with van der Waals surface area (Å²) in [5, 5.41) is 3.63. The van der Waals surface area contributed by atoms with Gasteiger partial charge in [0.25, 0.3) is 0 Å². The Bertz CT molecular complexity index is 824. The molecule has 0 heterocycles. The van der Waals surface area contributed by atoms with Crippen molar-refractivity contribution < 1.29 is 9.59 Å². The van der Waals surface area contributed by atoms with Crippen molar-refractivity contribution in [2.75, 3.05) is 5.75 Å². The molecule has 0 fully saturated rings. The smallest absolute Gasteiger partial charge is 0.242 e. The van der Waals surface area contributed by atoms with Crippen molar-refractivity contribution in [3.05, 3.63) is 64.7 Å². The van der Waals surface area contributed by atoms with Crippen LogP contribution in [0.5, 0.6) is 0 Å². The van der Waals surface area contributed by atoms with E-state index in [1.165, 1.54) is 5.56 Å². The van der Waals surface area contributed by atoms with E-state index in [0.29, 0.717) is 23.7 Å². The van der Waals surface area contributed by atoms with Gasteiger partial charge >= 0.3 is 0 Å². The number of carbonyl (C=O) groups excluding carboxylic acids is 2. The molecule has 0 unspecified atom stereocenters. The molecular formula is C24H31ClN2O2S. The molecule has 4 nitrogen and oxygen atoms in total. The van der Waals surface area contributed by atoms with Gasteiger partial charge in [-0.25, -0.2) is 0 Å². The fraction of sp³-hybridized carbons (Fsp3) is 0.417. The average molecular weight is 447 g/mol. The third kappa shape index (κ3) is 7.69. The molecule has 2 atom stereocenters. The van der Waals surface area contributed by atoms with Crippen molar-refractivity contribution in [3.63, 3.8) is 0 Å². The molecule has 0 spiro atoms. The first-order valence-corrected chi connectivity index (χ1v) is 11.7. The Morgan fingerprint density at radius 1 is 1.07 bits per heavy atom. The molecule has 162 valence electrons. The van der Waals surface area contributed by atoms with Crippen LogP contribution in [0.15, 0.2) is 53.4 Å². The van der Waals surface area contributed by atoms with E-state index in [4.69, 9.17) is 11.6 Å². The van der Waals surface area contributed by atoms with Gasteiger partial charge in [-0.3, -0.25) is 9.59 Å². The molecule has 2 aromatic carbocycles. The van der Waals surface area contributed by atoms with Crippen molar-refractivity contribution in [2.24, 2.45) is 0 Å². The Morgan fingerprint density at radius 3 is 2.30 bits per heavy atom. The standard InChI is InChI=1S/C24H31ClN2O2S/c1-5-18(3)26-24(29)19(4)27(16-20-8-10-21(25)11-9-20)23(28)14-15-30-22-12-6-17(2)7-13-22/h6-13,18-19H,5,14-16H2,1-4H3,(H,26,29)/t18-,19-/m1/s1. The molecule has 2 rings (SSSR count). The van der Waals surface area contributed by atoms with Gasteiger partial charge in [0.1, 0.15) is 6.04 Å². The van der Waals surface area contributed by atoms with E-state index >= 15 is 0 Å². The van der Waals surface area contributed by atoms with Gasteiger partial charge < -0.3 is 10.2 Å². The summed E-state index contributed by atoms with van der Waals surface area (Å²) < 4.78 is 0. The van der Waals surface area contributed by atoms with Crippen LogP contribution in [0, 0.1) is 6.92 Å². The molecule has 0 saturated heterocycles. The van der Waals surface area contributed by atoms with Gasteiger partial charge in [0.15, 0.2) is 0 Å².